The number of hydrogen-bond acceptors (Lipinski definition) is 2. The molecule has 0 aliphatic carbocycles. The topological polar surface area (TPSA) is 55.1 Å². The van der Waals surface area contributed by atoms with Crippen molar-refractivity contribution in [3.8, 4) is 0 Å². The molecule has 18 heavy (non-hydrogen) atoms. The molecule has 0 fully saturated rings. The quantitative estimate of drug-likeness (QED) is 0.871. The molecule has 0 spiro atoms. The maximum absolute atomic E-state index is 12.0. The molecule has 0 radical (unpaired) electrons. The molecular weight excluding hydrogens is 271 g/mol. The third-order valence-corrected chi connectivity index (χ3v) is 3.16. The number of carbonyl (C=O) groups is 1. The number of rotatable bonds is 5. The van der Waals surface area contributed by atoms with Crippen molar-refractivity contribution in [2.75, 3.05) is 11.9 Å². The standard InChI is InChI=1S/C13H18Cl2N2O/c1-8(2)5-9(7-16)13(18)17-12-6-10(14)3-4-11(12)15/h3-4,6,8-9H,5,7,16H2,1-2H3,(H,17,18). The fraction of sp³-hybridized carbons (Fsp3) is 0.462. The van der Waals surface area contributed by atoms with Crippen molar-refractivity contribution in [1.29, 1.82) is 0 Å². The third-order valence-electron chi connectivity index (χ3n) is 2.60. The predicted octanol–water partition coefficient (Wildman–Crippen LogP) is 3.55. The number of hydrogen-bond donors (Lipinski definition) is 2. The van der Waals surface area contributed by atoms with E-state index in [2.05, 4.69) is 19.2 Å². The lowest BCUT2D eigenvalue weighted by atomic mass is 9.96. The van der Waals surface area contributed by atoms with Crippen LogP contribution in [0.15, 0.2) is 18.2 Å². The summed E-state index contributed by atoms with van der Waals surface area (Å²) in [5, 5.41) is 3.77. The van der Waals surface area contributed by atoms with Crippen LogP contribution in [0.4, 0.5) is 5.69 Å². The third kappa shape index (κ3) is 4.48. The van der Waals surface area contributed by atoms with Crippen molar-refractivity contribution in [3.05, 3.63) is 28.2 Å². The van der Waals surface area contributed by atoms with Crippen LogP contribution in [0.25, 0.3) is 0 Å². The van der Waals surface area contributed by atoms with E-state index < -0.39 is 0 Å². The average molecular weight is 289 g/mol. The van der Waals surface area contributed by atoms with Crippen LogP contribution >= 0.6 is 23.2 Å². The van der Waals surface area contributed by atoms with Gasteiger partial charge in [0.05, 0.1) is 16.6 Å². The fourth-order valence-electron chi connectivity index (χ4n) is 1.71. The lowest BCUT2D eigenvalue weighted by Gasteiger charge is -2.17. The second kappa shape index (κ2) is 6.98. The zero-order chi connectivity index (χ0) is 13.7. The Balaban J connectivity index is 2.76. The Bertz CT molecular complexity index is 421. The van der Waals surface area contributed by atoms with Crippen molar-refractivity contribution in [1.82, 2.24) is 0 Å². The first-order valence-electron chi connectivity index (χ1n) is 5.90. The van der Waals surface area contributed by atoms with E-state index in [1.54, 1.807) is 18.2 Å². The molecule has 0 heterocycles. The summed E-state index contributed by atoms with van der Waals surface area (Å²) in [6, 6.07) is 4.96. The lowest BCUT2D eigenvalue weighted by molar-refractivity contribution is -0.120. The van der Waals surface area contributed by atoms with Gasteiger partial charge in [-0.05, 0) is 30.5 Å². The van der Waals surface area contributed by atoms with E-state index in [-0.39, 0.29) is 11.8 Å². The predicted molar refractivity (Wildman–Crippen MR) is 77.1 cm³/mol. The Labute approximate surface area is 118 Å². The fourth-order valence-corrected chi connectivity index (χ4v) is 2.04. The van der Waals surface area contributed by atoms with Crippen LogP contribution in [-0.4, -0.2) is 12.5 Å². The molecule has 3 nitrogen and oxygen atoms in total. The molecule has 1 amide bonds. The van der Waals surface area contributed by atoms with Crippen LogP contribution in [0, 0.1) is 11.8 Å². The largest absolute Gasteiger partial charge is 0.330 e. The highest BCUT2D eigenvalue weighted by Crippen LogP contribution is 2.26. The van der Waals surface area contributed by atoms with Gasteiger partial charge in [-0.1, -0.05) is 37.0 Å². The average Bonchev–Trinajstić information content (AvgIpc) is 2.30. The van der Waals surface area contributed by atoms with E-state index in [0.29, 0.717) is 28.2 Å². The van der Waals surface area contributed by atoms with Gasteiger partial charge in [0.25, 0.3) is 0 Å². The SMILES string of the molecule is CC(C)CC(CN)C(=O)Nc1cc(Cl)ccc1Cl. The first-order valence-corrected chi connectivity index (χ1v) is 6.65. The zero-order valence-corrected chi connectivity index (χ0v) is 12.1. The Morgan fingerprint density at radius 1 is 1.39 bits per heavy atom. The van der Waals surface area contributed by atoms with E-state index in [1.165, 1.54) is 0 Å². The highest BCUT2D eigenvalue weighted by Gasteiger charge is 2.19. The molecular formula is C13H18Cl2N2O. The number of nitrogens with two attached hydrogens (primary N) is 1. The summed E-state index contributed by atoms with van der Waals surface area (Å²) in [6.07, 6.45) is 0.751. The smallest absolute Gasteiger partial charge is 0.228 e. The molecule has 0 aliphatic heterocycles. The minimum absolute atomic E-state index is 0.115. The van der Waals surface area contributed by atoms with Crippen LogP contribution < -0.4 is 11.1 Å². The number of nitrogens with one attached hydrogen (secondary N) is 1. The van der Waals surface area contributed by atoms with E-state index in [4.69, 9.17) is 28.9 Å². The second-order valence-electron chi connectivity index (χ2n) is 4.68. The second-order valence-corrected chi connectivity index (χ2v) is 5.52. The number of amides is 1. The summed E-state index contributed by atoms with van der Waals surface area (Å²) in [5.41, 5.74) is 6.15. The van der Waals surface area contributed by atoms with Crippen molar-refractivity contribution in [3.63, 3.8) is 0 Å². The summed E-state index contributed by atoms with van der Waals surface area (Å²) >= 11 is 11.9. The summed E-state index contributed by atoms with van der Waals surface area (Å²) in [6.45, 7) is 4.44. The molecule has 5 heteroatoms. The summed E-state index contributed by atoms with van der Waals surface area (Å²) < 4.78 is 0. The molecule has 3 N–H and O–H groups in total. The van der Waals surface area contributed by atoms with Crippen molar-refractivity contribution in [2.24, 2.45) is 17.6 Å². The van der Waals surface area contributed by atoms with Crippen molar-refractivity contribution < 1.29 is 4.79 Å². The van der Waals surface area contributed by atoms with Gasteiger partial charge in [-0.15, -0.1) is 0 Å². The number of halogens is 2. The molecule has 100 valence electrons. The molecule has 1 rings (SSSR count). The van der Waals surface area contributed by atoms with Crippen LogP contribution in [0.2, 0.25) is 10.0 Å². The van der Waals surface area contributed by atoms with Crippen LogP contribution in [0.3, 0.4) is 0 Å². The molecule has 0 saturated heterocycles. The summed E-state index contributed by atoms with van der Waals surface area (Å²) in [7, 11) is 0. The molecule has 1 aromatic rings. The van der Waals surface area contributed by atoms with Gasteiger partial charge in [-0.25, -0.2) is 0 Å². The minimum atomic E-state index is -0.208. The van der Waals surface area contributed by atoms with Crippen molar-refractivity contribution in [2.45, 2.75) is 20.3 Å². The minimum Gasteiger partial charge on any atom is -0.330 e. The van der Waals surface area contributed by atoms with Crippen LogP contribution in [0.1, 0.15) is 20.3 Å². The molecule has 1 atom stereocenters. The zero-order valence-electron chi connectivity index (χ0n) is 10.5. The Kier molecular flexibility index (Phi) is 5.93. The molecule has 1 unspecified atom stereocenters. The van der Waals surface area contributed by atoms with Gasteiger partial charge in [0.1, 0.15) is 0 Å². The Morgan fingerprint density at radius 2 is 2.06 bits per heavy atom. The van der Waals surface area contributed by atoms with Gasteiger partial charge >= 0.3 is 0 Å². The molecule has 1 aromatic carbocycles. The number of anilines is 1. The summed E-state index contributed by atoms with van der Waals surface area (Å²) in [4.78, 5) is 12.0. The van der Waals surface area contributed by atoms with Crippen LogP contribution in [-0.2, 0) is 4.79 Å². The Morgan fingerprint density at radius 3 is 2.61 bits per heavy atom. The van der Waals surface area contributed by atoms with Gasteiger partial charge in [0.15, 0.2) is 0 Å². The normalized spacial score (nSPS) is 12.6. The number of carbonyl (C=O) groups excluding carboxylic acids is 1. The van der Waals surface area contributed by atoms with E-state index in [9.17, 15) is 4.79 Å². The van der Waals surface area contributed by atoms with Gasteiger partial charge in [-0.3, -0.25) is 4.79 Å². The summed E-state index contributed by atoms with van der Waals surface area (Å²) in [5.74, 6) is 0.0922. The Hall–Kier alpha value is -0.770. The number of benzene rings is 1. The lowest BCUT2D eigenvalue weighted by Crippen LogP contribution is -2.30. The van der Waals surface area contributed by atoms with E-state index in [1.807, 2.05) is 0 Å². The molecule has 0 aliphatic rings. The molecule has 0 saturated carbocycles. The molecule has 0 bridgehead atoms. The van der Waals surface area contributed by atoms with Crippen molar-refractivity contribution >= 4 is 34.8 Å². The highest BCUT2D eigenvalue weighted by atomic mass is 35.5. The van der Waals surface area contributed by atoms with E-state index in [0.717, 1.165) is 6.42 Å². The van der Waals surface area contributed by atoms with Gasteiger partial charge < -0.3 is 11.1 Å². The van der Waals surface area contributed by atoms with Gasteiger partial charge in [0, 0.05) is 11.6 Å². The first-order chi connectivity index (χ1) is 8.43. The monoisotopic (exact) mass is 288 g/mol. The molecule has 0 aromatic heterocycles. The van der Waals surface area contributed by atoms with Gasteiger partial charge in [0.2, 0.25) is 5.91 Å². The maximum atomic E-state index is 12.0. The maximum Gasteiger partial charge on any atom is 0.228 e. The van der Waals surface area contributed by atoms with E-state index >= 15 is 0 Å². The first kappa shape index (κ1) is 15.3. The van der Waals surface area contributed by atoms with Gasteiger partial charge in [-0.2, -0.15) is 0 Å². The highest BCUT2D eigenvalue weighted by molar-refractivity contribution is 6.35. The van der Waals surface area contributed by atoms with Crippen LogP contribution in [0.5, 0.6) is 0 Å².